The van der Waals surface area contributed by atoms with Crippen molar-refractivity contribution in [3.63, 3.8) is 0 Å². The standard InChI is InChI=1S/C20H26N2O4S/c1-3-11-26-17-15-12-14(9-10-16(15)27-18(17)19(23)25-2)22-20(24)21-13-7-5-4-6-8-13/h9-10,12-13H,3-8,11H2,1-2H3,(H2,21,22,24). The molecule has 1 aromatic heterocycles. The molecule has 0 radical (unpaired) electrons. The van der Waals surface area contributed by atoms with Crippen LogP contribution < -0.4 is 15.4 Å². The van der Waals surface area contributed by atoms with Crippen molar-refractivity contribution in [2.45, 2.75) is 51.5 Å². The van der Waals surface area contributed by atoms with Gasteiger partial charge in [0, 0.05) is 21.8 Å². The molecule has 0 saturated heterocycles. The molecule has 1 aromatic carbocycles. The molecule has 1 heterocycles. The number of thiophene rings is 1. The highest BCUT2D eigenvalue weighted by molar-refractivity contribution is 7.21. The normalized spacial score (nSPS) is 14.7. The molecule has 27 heavy (non-hydrogen) atoms. The summed E-state index contributed by atoms with van der Waals surface area (Å²) in [5, 5.41) is 6.75. The number of fused-ring (bicyclic) bond motifs is 1. The maximum absolute atomic E-state index is 12.3. The van der Waals surface area contributed by atoms with E-state index in [0.717, 1.165) is 29.3 Å². The largest absolute Gasteiger partial charge is 0.491 e. The summed E-state index contributed by atoms with van der Waals surface area (Å²) in [6.07, 6.45) is 6.49. The molecule has 0 bridgehead atoms. The summed E-state index contributed by atoms with van der Waals surface area (Å²) in [6, 6.07) is 5.63. The van der Waals surface area contributed by atoms with E-state index < -0.39 is 5.97 Å². The van der Waals surface area contributed by atoms with E-state index in [1.807, 2.05) is 25.1 Å². The van der Waals surface area contributed by atoms with E-state index in [-0.39, 0.29) is 12.1 Å². The van der Waals surface area contributed by atoms with E-state index in [1.165, 1.54) is 37.7 Å². The molecule has 2 N–H and O–H groups in total. The Hall–Kier alpha value is -2.28. The van der Waals surface area contributed by atoms with E-state index in [2.05, 4.69) is 10.6 Å². The first-order valence-electron chi connectivity index (χ1n) is 9.47. The maximum Gasteiger partial charge on any atom is 0.351 e. The van der Waals surface area contributed by atoms with Crippen molar-refractivity contribution in [3.05, 3.63) is 23.1 Å². The Morgan fingerprint density at radius 3 is 2.70 bits per heavy atom. The second-order valence-corrected chi connectivity index (χ2v) is 7.80. The van der Waals surface area contributed by atoms with Gasteiger partial charge in [0.25, 0.3) is 0 Å². The molecule has 0 atom stereocenters. The monoisotopic (exact) mass is 390 g/mol. The van der Waals surface area contributed by atoms with Gasteiger partial charge in [-0.3, -0.25) is 0 Å². The Labute approximate surface area is 163 Å². The topological polar surface area (TPSA) is 76.7 Å². The number of esters is 1. The van der Waals surface area contributed by atoms with Crippen LogP contribution in [-0.2, 0) is 4.74 Å². The fourth-order valence-corrected chi connectivity index (χ4v) is 4.37. The molecule has 0 unspecified atom stereocenters. The predicted molar refractivity (Wildman–Crippen MR) is 108 cm³/mol. The van der Waals surface area contributed by atoms with E-state index >= 15 is 0 Å². The van der Waals surface area contributed by atoms with Gasteiger partial charge in [-0.1, -0.05) is 26.2 Å². The molecule has 146 valence electrons. The van der Waals surface area contributed by atoms with Gasteiger partial charge in [0.15, 0.2) is 10.6 Å². The molecular weight excluding hydrogens is 364 g/mol. The van der Waals surface area contributed by atoms with E-state index in [9.17, 15) is 9.59 Å². The molecule has 0 spiro atoms. The molecule has 7 heteroatoms. The van der Waals surface area contributed by atoms with Gasteiger partial charge in [-0.2, -0.15) is 0 Å². The van der Waals surface area contributed by atoms with Crippen LogP contribution in [0.5, 0.6) is 5.75 Å². The van der Waals surface area contributed by atoms with Crippen molar-refractivity contribution in [1.82, 2.24) is 5.32 Å². The second-order valence-electron chi connectivity index (χ2n) is 6.74. The molecule has 2 aromatic rings. The van der Waals surface area contributed by atoms with Gasteiger partial charge in [0.05, 0.1) is 13.7 Å². The molecular formula is C20H26N2O4S. The zero-order valence-electron chi connectivity index (χ0n) is 15.8. The van der Waals surface area contributed by atoms with Crippen LogP contribution in [0.4, 0.5) is 10.5 Å². The van der Waals surface area contributed by atoms with E-state index in [0.29, 0.717) is 22.9 Å². The summed E-state index contributed by atoms with van der Waals surface area (Å²) in [5.41, 5.74) is 0.673. The van der Waals surface area contributed by atoms with Gasteiger partial charge in [-0.15, -0.1) is 11.3 Å². The Bertz CT molecular complexity index is 812. The van der Waals surface area contributed by atoms with Crippen molar-refractivity contribution in [1.29, 1.82) is 0 Å². The van der Waals surface area contributed by atoms with Gasteiger partial charge in [0.1, 0.15) is 0 Å². The van der Waals surface area contributed by atoms with Crippen LogP contribution in [0.25, 0.3) is 10.1 Å². The molecule has 1 saturated carbocycles. The van der Waals surface area contributed by atoms with Gasteiger partial charge < -0.3 is 20.1 Å². The Balaban J connectivity index is 1.80. The van der Waals surface area contributed by atoms with E-state index in [4.69, 9.17) is 9.47 Å². The van der Waals surface area contributed by atoms with Crippen molar-refractivity contribution in [3.8, 4) is 5.75 Å². The number of urea groups is 1. The average Bonchev–Trinajstić information content (AvgIpc) is 3.04. The number of hydrogen-bond donors (Lipinski definition) is 2. The molecule has 3 rings (SSSR count). The lowest BCUT2D eigenvalue weighted by Gasteiger charge is -2.22. The van der Waals surface area contributed by atoms with Gasteiger partial charge in [-0.05, 0) is 37.5 Å². The molecule has 6 nitrogen and oxygen atoms in total. The second kappa shape index (κ2) is 9.08. The van der Waals surface area contributed by atoms with Crippen molar-refractivity contribution in [2.24, 2.45) is 0 Å². The minimum absolute atomic E-state index is 0.194. The molecule has 1 aliphatic rings. The number of carbonyl (C=O) groups is 2. The average molecular weight is 391 g/mol. The third-order valence-electron chi connectivity index (χ3n) is 4.66. The highest BCUT2D eigenvalue weighted by atomic mass is 32.1. The van der Waals surface area contributed by atoms with Crippen molar-refractivity contribution < 1.29 is 19.1 Å². The van der Waals surface area contributed by atoms with Crippen molar-refractivity contribution >= 4 is 39.1 Å². The number of nitrogens with one attached hydrogen (secondary N) is 2. The minimum atomic E-state index is -0.410. The SMILES string of the molecule is CCCOc1c(C(=O)OC)sc2ccc(NC(=O)NC3CCCCC3)cc12. The van der Waals surface area contributed by atoms with Crippen LogP contribution in [0.2, 0.25) is 0 Å². The summed E-state index contributed by atoms with van der Waals surface area (Å²) in [5.74, 6) is 0.117. The molecule has 1 fully saturated rings. The number of anilines is 1. The first-order chi connectivity index (χ1) is 13.1. The fraction of sp³-hybridized carbons (Fsp3) is 0.500. The summed E-state index contributed by atoms with van der Waals surface area (Å²) >= 11 is 1.34. The number of benzene rings is 1. The lowest BCUT2D eigenvalue weighted by Crippen LogP contribution is -2.38. The van der Waals surface area contributed by atoms with Gasteiger partial charge in [-0.25, -0.2) is 9.59 Å². The number of methoxy groups -OCH3 is 1. The maximum atomic E-state index is 12.3. The highest BCUT2D eigenvalue weighted by Crippen LogP contribution is 2.39. The smallest absolute Gasteiger partial charge is 0.351 e. The first kappa shape index (κ1) is 19.5. The fourth-order valence-electron chi connectivity index (χ4n) is 3.33. The van der Waals surface area contributed by atoms with Crippen LogP contribution in [-0.4, -0.2) is 31.8 Å². The van der Waals surface area contributed by atoms with Gasteiger partial charge >= 0.3 is 12.0 Å². The zero-order valence-corrected chi connectivity index (χ0v) is 16.6. The zero-order chi connectivity index (χ0) is 19.2. The molecule has 1 aliphatic carbocycles. The van der Waals surface area contributed by atoms with Crippen LogP contribution >= 0.6 is 11.3 Å². The summed E-state index contributed by atoms with van der Waals surface area (Å²) < 4.78 is 11.6. The van der Waals surface area contributed by atoms with E-state index in [1.54, 1.807) is 0 Å². The number of rotatable bonds is 6. The summed E-state index contributed by atoms with van der Waals surface area (Å²) in [6.45, 7) is 2.52. The lowest BCUT2D eigenvalue weighted by molar-refractivity contribution is 0.0602. The Morgan fingerprint density at radius 1 is 1.22 bits per heavy atom. The molecule has 2 amide bonds. The van der Waals surface area contributed by atoms with Crippen LogP contribution in [0.1, 0.15) is 55.1 Å². The Kier molecular flexibility index (Phi) is 6.55. The lowest BCUT2D eigenvalue weighted by atomic mass is 9.96. The van der Waals surface area contributed by atoms with Crippen LogP contribution in [0, 0.1) is 0 Å². The highest BCUT2D eigenvalue weighted by Gasteiger charge is 2.21. The van der Waals surface area contributed by atoms with Crippen LogP contribution in [0.3, 0.4) is 0 Å². The number of hydrogen-bond acceptors (Lipinski definition) is 5. The third kappa shape index (κ3) is 4.71. The third-order valence-corrected chi connectivity index (χ3v) is 5.79. The van der Waals surface area contributed by atoms with Gasteiger partial charge in [0.2, 0.25) is 0 Å². The number of amides is 2. The first-order valence-corrected chi connectivity index (χ1v) is 10.3. The predicted octanol–water partition coefficient (Wildman–Crippen LogP) is 4.93. The minimum Gasteiger partial charge on any atom is -0.491 e. The Morgan fingerprint density at radius 2 is 2.00 bits per heavy atom. The quantitative estimate of drug-likeness (QED) is 0.686. The van der Waals surface area contributed by atoms with Crippen molar-refractivity contribution in [2.75, 3.05) is 19.0 Å². The summed E-state index contributed by atoms with van der Waals surface area (Å²) in [4.78, 5) is 24.8. The summed E-state index contributed by atoms with van der Waals surface area (Å²) in [7, 11) is 1.36. The number of carbonyl (C=O) groups excluding carboxylic acids is 2. The number of ether oxygens (including phenoxy) is 2. The van der Waals surface area contributed by atoms with Crippen LogP contribution in [0.15, 0.2) is 18.2 Å². The molecule has 0 aliphatic heterocycles.